The number of rotatable bonds is 6. The van der Waals surface area contributed by atoms with E-state index in [1.807, 2.05) is 18.2 Å². The Bertz CT molecular complexity index is 611. The van der Waals surface area contributed by atoms with Gasteiger partial charge in [0.05, 0.1) is 12.7 Å². The minimum Gasteiger partial charge on any atom is -0.496 e. The summed E-state index contributed by atoms with van der Waals surface area (Å²) in [6, 6.07) is 9.88. The molecule has 0 spiro atoms. The summed E-state index contributed by atoms with van der Waals surface area (Å²) >= 11 is 1.75. The zero-order chi connectivity index (χ0) is 15.2. The highest BCUT2D eigenvalue weighted by Gasteiger charge is 2.10. The molecule has 2 rings (SSSR count). The normalized spacial score (nSPS) is 11.9. The number of methoxy groups -OCH3 is 1. The van der Waals surface area contributed by atoms with Gasteiger partial charge in [0.1, 0.15) is 5.75 Å². The summed E-state index contributed by atoms with van der Waals surface area (Å²) in [6.07, 6.45) is 0. The third-order valence-corrected chi connectivity index (χ3v) is 3.97. The Balaban J connectivity index is 2.13. The predicted octanol–water partition coefficient (Wildman–Crippen LogP) is 2.48. The van der Waals surface area contributed by atoms with Gasteiger partial charge < -0.3 is 15.7 Å². The number of nitrogens with two attached hydrogens (primary N) is 1. The molecule has 0 radical (unpaired) electrons. The van der Waals surface area contributed by atoms with Crippen LogP contribution in [0.25, 0.3) is 0 Å². The predicted molar refractivity (Wildman–Crippen MR) is 85.0 cm³/mol. The van der Waals surface area contributed by atoms with Crippen LogP contribution >= 0.6 is 11.3 Å². The summed E-state index contributed by atoms with van der Waals surface area (Å²) in [4.78, 5) is 3.53. The van der Waals surface area contributed by atoms with Crippen LogP contribution in [0.5, 0.6) is 5.75 Å². The fourth-order valence-corrected chi connectivity index (χ4v) is 2.93. The number of nitrogens with zero attached hydrogens (tertiary/aromatic N) is 2. The molecule has 0 amide bonds. The molecule has 21 heavy (non-hydrogen) atoms. The van der Waals surface area contributed by atoms with E-state index < -0.39 is 0 Å². The quantitative estimate of drug-likeness (QED) is 0.372. The second-order valence-corrected chi connectivity index (χ2v) is 5.80. The highest BCUT2D eigenvalue weighted by molar-refractivity contribution is 7.09. The van der Waals surface area contributed by atoms with Crippen molar-refractivity contribution in [2.24, 2.45) is 10.9 Å². The maximum atomic E-state index is 8.85. The molecule has 5 nitrogen and oxygen atoms in total. The van der Waals surface area contributed by atoms with Gasteiger partial charge in [0, 0.05) is 18.0 Å². The summed E-state index contributed by atoms with van der Waals surface area (Å²) in [5.74, 6) is 0.643. The molecular weight excluding hydrogens is 286 g/mol. The van der Waals surface area contributed by atoms with Crippen LogP contribution in [0.2, 0.25) is 0 Å². The Hall–Kier alpha value is -2.05. The lowest BCUT2D eigenvalue weighted by molar-refractivity contribution is 0.318. The smallest absolute Gasteiger partial charge is 0.173 e. The van der Waals surface area contributed by atoms with Crippen LogP contribution in [-0.2, 0) is 13.1 Å². The lowest BCUT2D eigenvalue weighted by Gasteiger charge is -2.17. The van der Waals surface area contributed by atoms with E-state index in [-0.39, 0.29) is 5.84 Å². The molecule has 1 heterocycles. The number of hydrogen-bond donors (Lipinski definition) is 2. The molecule has 0 saturated carbocycles. The summed E-state index contributed by atoms with van der Waals surface area (Å²) < 4.78 is 5.23. The van der Waals surface area contributed by atoms with E-state index in [0.29, 0.717) is 11.3 Å². The number of ether oxygens (including phenoxy) is 1. The lowest BCUT2D eigenvalue weighted by Crippen LogP contribution is -2.18. The van der Waals surface area contributed by atoms with Crippen LogP contribution in [0, 0.1) is 0 Å². The van der Waals surface area contributed by atoms with Crippen molar-refractivity contribution in [1.29, 1.82) is 0 Å². The molecule has 0 bridgehead atoms. The molecule has 3 N–H and O–H groups in total. The third kappa shape index (κ3) is 3.96. The van der Waals surface area contributed by atoms with Gasteiger partial charge in [-0.25, -0.2) is 0 Å². The molecule has 0 aliphatic heterocycles. The van der Waals surface area contributed by atoms with Crippen molar-refractivity contribution in [2.75, 3.05) is 14.2 Å². The summed E-state index contributed by atoms with van der Waals surface area (Å²) in [7, 11) is 3.62. The minimum absolute atomic E-state index is 0.0506. The molecule has 1 aromatic carbocycles. The van der Waals surface area contributed by atoms with Crippen molar-refractivity contribution in [3.8, 4) is 5.75 Å². The zero-order valence-electron chi connectivity index (χ0n) is 12.1. The maximum absolute atomic E-state index is 8.85. The Morgan fingerprint density at radius 3 is 2.81 bits per heavy atom. The second kappa shape index (κ2) is 7.10. The SMILES string of the molecule is COc1ccc(CN(C)Cc2cccs2)cc1C(N)=NO. The number of thiophene rings is 1. The fraction of sp³-hybridized carbons (Fsp3) is 0.267. The molecule has 0 unspecified atom stereocenters. The first-order chi connectivity index (χ1) is 10.1. The van der Waals surface area contributed by atoms with Gasteiger partial charge in [-0.2, -0.15) is 0 Å². The standard InChI is InChI=1S/C15H19N3O2S/c1-18(10-12-4-3-7-21-12)9-11-5-6-14(20-2)13(8-11)15(16)17-19/h3-8,19H,9-10H2,1-2H3,(H2,16,17). The maximum Gasteiger partial charge on any atom is 0.173 e. The summed E-state index contributed by atoms with van der Waals surface area (Å²) in [5, 5.41) is 14.0. The van der Waals surface area contributed by atoms with Gasteiger partial charge >= 0.3 is 0 Å². The highest BCUT2D eigenvalue weighted by Crippen LogP contribution is 2.21. The Morgan fingerprint density at radius 2 is 2.19 bits per heavy atom. The fourth-order valence-electron chi connectivity index (χ4n) is 2.14. The molecule has 0 fully saturated rings. The molecule has 0 atom stereocenters. The number of amidine groups is 1. The van der Waals surface area contributed by atoms with Crippen LogP contribution in [-0.4, -0.2) is 30.1 Å². The number of oxime groups is 1. The average Bonchev–Trinajstić information content (AvgIpc) is 2.99. The van der Waals surface area contributed by atoms with Gasteiger partial charge in [-0.1, -0.05) is 17.3 Å². The number of benzene rings is 1. The summed E-state index contributed by atoms with van der Waals surface area (Å²) in [6.45, 7) is 1.66. The first kappa shape index (κ1) is 15.3. The van der Waals surface area contributed by atoms with E-state index in [0.717, 1.165) is 18.7 Å². The van der Waals surface area contributed by atoms with Crippen molar-refractivity contribution in [1.82, 2.24) is 4.90 Å². The first-order valence-corrected chi connectivity index (χ1v) is 7.37. The van der Waals surface area contributed by atoms with E-state index in [2.05, 4.69) is 34.6 Å². The van der Waals surface area contributed by atoms with Crippen molar-refractivity contribution in [2.45, 2.75) is 13.1 Å². The average molecular weight is 305 g/mol. The lowest BCUT2D eigenvalue weighted by atomic mass is 10.1. The van der Waals surface area contributed by atoms with Crippen LogP contribution in [0.1, 0.15) is 16.0 Å². The molecule has 112 valence electrons. The van der Waals surface area contributed by atoms with Gasteiger partial charge in [-0.15, -0.1) is 11.3 Å². The van der Waals surface area contributed by atoms with Crippen molar-refractivity contribution in [3.05, 3.63) is 51.7 Å². The van der Waals surface area contributed by atoms with E-state index in [4.69, 9.17) is 15.7 Å². The summed E-state index contributed by atoms with van der Waals surface area (Å²) in [5.41, 5.74) is 7.37. The molecule has 0 aliphatic rings. The van der Waals surface area contributed by atoms with E-state index in [9.17, 15) is 0 Å². The van der Waals surface area contributed by atoms with E-state index in [1.165, 1.54) is 4.88 Å². The van der Waals surface area contributed by atoms with Gasteiger partial charge in [-0.05, 0) is 36.2 Å². The monoisotopic (exact) mass is 305 g/mol. The van der Waals surface area contributed by atoms with E-state index in [1.54, 1.807) is 18.4 Å². The Kier molecular flexibility index (Phi) is 5.19. The van der Waals surface area contributed by atoms with Crippen molar-refractivity contribution in [3.63, 3.8) is 0 Å². The molecule has 2 aromatic rings. The second-order valence-electron chi connectivity index (χ2n) is 4.77. The van der Waals surface area contributed by atoms with Gasteiger partial charge in [-0.3, -0.25) is 4.90 Å². The number of hydrogen-bond acceptors (Lipinski definition) is 5. The molecular formula is C15H19N3O2S. The molecule has 0 saturated heterocycles. The highest BCUT2D eigenvalue weighted by atomic mass is 32.1. The van der Waals surface area contributed by atoms with Crippen LogP contribution < -0.4 is 10.5 Å². The van der Waals surface area contributed by atoms with Gasteiger partial charge in [0.15, 0.2) is 5.84 Å². The molecule has 6 heteroatoms. The largest absolute Gasteiger partial charge is 0.496 e. The molecule has 0 aliphatic carbocycles. The molecule has 1 aromatic heterocycles. The Labute approximate surface area is 128 Å². The van der Waals surface area contributed by atoms with Gasteiger partial charge in [0.2, 0.25) is 0 Å². The van der Waals surface area contributed by atoms with Crippen LogP contribution in [0.3, 0.4) is 0 Å². The van der Waals surface area contributed by atoms with Gasteiger partial charge in [0.25, 0.3) is 0 Å². The zero-order valence-corrected chi connectivity index (χ0v) is 12.9. The van der Waals surface area contributed by atoms with Crippen LogP contribution in [0.4, 0.5) is 0 Å². The van der Waals surface area contributed by atoms with Crippen molar-refractivity contribution >= 4 is 17.2 Å². The Morgan fingerprint density at radius 1 is 1.38 bits per heavy atom. The van der Waals surface area contributed by atoms with Crippen molar-refractivity contribution < 1.29 is 9.94 Å². The third-order valence-electron chi connectivity index (χ3n) is 3.11. The topological polar surface area (TPSA) is 71.1 Å². The first-order valence-electron chi connectivity index (χ1n) is 6.49. The minimum atomic E-state index is 0.0506. The van der Waals surface area contributed by atoms with Crippen LogP contribution in [0.15, 0.2) is 40.9 Å². The van der Waals surface area contributed by atoms with E-state index >= 15 is 0 Å².